The molecule has 1 saturated heterocycles. The lowest BCUT2D eigenvalue weighted by atomic mass is 10.1. The van der Waals surface area contributed by atoms with Crippen molar-refractivity contribution in [2.75, 3.05) is 25.0 Å². The first-order chi connectivity index (χ1) is 11.8. The molecule has 124 valence electrons. The second-order valence-corrected chi connectivity index (χ2v) is 6.40. The number of nitrogens with zero attached hydrogens (tertiary/aromatic N) is 4. The Bertz CT molecular complexity index is 805. The smallest absolute Gasteiger partial charge is 0.206 e. The molecule has 3 heterocycles. The number of hydrogen-bond acceptors (Lipinski definition) is 4. The normalized spacial score (nSPS) is 15.7. The van der Waals surface area contributed by atoms with Crippen LogP contribution in [0.15, 0.2) is 48.7 Å². The molecule has 0 bridgehead atoms. The quantitative estimate of drug-likeness (QED) is 0.802. The molecule has 0 radical (unpaired) electrons. The Morgan fingerprint density at radius 2 is 1.92 bits per heavy atom. The first kappa shape index (κ1) is 15.1. The molecule has 1 N–H and O–H groups in total. The van der Waals surface area contributed by atoms with Gasteiger partial charge in [0.2, 0.25) is 5.95 Å². The summed E-state index contributed by atoms with van der Waals surface area (Å²) >= 11 is 0. The summed E-state index contributed by atoms with van der Waals surface area (Å²) in [7, 11) is 2.17. The van der Waals surface area contributed by atoms with Crippen LogP contribution in [-0.4, -0.2) is 40.7 Å². The molecule has 1 aliphatic heterocycles. The highest BCUT2D eigenvalue weighted by Crippen LogP contribution is 2.26. The predicted molar refractivity (Wildman–Crippen MR) is 97.4 cm³/mol. The number of fused-ring (bicyclic) bond motifs is 1. The zero-order valence-corrected chi connectivity index (χ0v) is 14.0. The minimum atomic E-state index is 0.533. The monoisotopic (exact) mass is 321 g/mol. The number of hydrogen-bond donors (Lipinski definition) is 1. The summed E-state index contributed by atoms with van der Waals surface area (Å²) in [5.74, 6) is 1.04. The van der Waals surface area contributed by atoms with Crippen molar-refractivity contribution in [1.82, 2.24) is 19.9 Å². The van der Waals surface area contributed by atoms with Gasteiger partial charge in [0, 0.05) is 19.3 Å². The van der Waals surface area contributed by atoms with Gasteiger partial charge in [-0.15, -0.1) is 0 Å². The molecule has 0 unspecified atom stereocenters. The summed E-state index contributed by atoms with van der Waals surface area (Å²) in [6.45, 7) is 2.90. The molecule has 3 aromatic rings. The van der Waals surface area contributed by atoms with Crippen LogP contribution in [0.4, 0.5) is 5.95 Å². The minimum Gasteiger partial charge on any atom is -0.342 e. The summed E-state index contributed by atoms with van der Waals surface area (Å²) in [5, 5.41) is 3.44. The van der Waals surface area contributed by atoms with Gasteiger partial charge >= 0.3 is 0 Å². The van der Waals surface area contributed by atoms with Gasteiger partial charge in [-0.25, -0.2) is 4.98 Å². The van der Waals surface area contributed by atoms with Crippen molar-refractivity contribution >= 4 is 17.0 Å². The molecular weight excluding hydrogens is 298 g/mol. The molecule has 4 rings (SSSR count). The maximum absolute atomic E-state index is 4.92. The van der Waals surface area contributed by atoms with Crippen LogP contribution in [0.1, 0.15) is 18.5 Å². The van der Waals surface area contributed by atoms with E-state index >= 15 is 0 Å². The molecular formula is C19H23N5. The van der Waals surface area contributed by atoms with E-state index in [0.29, 0.717) is 6.04 Å². The summed E-state index contributed by atoms with van der Waals surface area (Å²) in [5.41, 5.74) is 3.27. The van der Waals surface area contributed by atoms with Gasteiger partial charge in [0.05, 0.1) is 23.3 Å². The highest BCUT2D eigenvalue weighted by atomic mass is 15.3. The Hall–Kier alpha value is -2.40. The molecule has 1 aromatic carbocycles. The molecule has 0 saturated carbocycles. The fourth-order valence-electron chi connectivity index (χ4n) is 3.50. The second kappa shape index (κ2) is 6.61. The topological polar surface area (TPSA) is 46.0 Å². The molecule has 0 amide bonds. The summed E-state index contributed by atoms with van der Waals surface area (Å²) < 4.78 is 2.29. The number of rotatable bonds is 4. The third-order valence-corrected chi connectivity index (χ3v) is 4.85. The minimum absolute atomic E-state index is 0.533. The largest absolute Gasteiger partial charge is 0.342 e. The highest BCUT2D eigenvalue weighted by Gasteiger charge is 2.23. The van der Waals surface area contributed by atoms with Crippen molar-refractivity contribution in [3.05, 3.63) is 54.4 Å². The molecule has 24 heavy (non-hydrogen) atoms. The summed E-state index contributed by atoms with van der Waals surface area (Å²) in [6, 6.07) is 15.0. The van der Waals surface area contributed by atoms with Crippen LogP contribution in [0.2, 0.25) is 0 Å². The van der Waals surface area contributed by atoms with E-state index in [1.54, 1.807) is 0 Å². The van der Waals surface area contributed by atoms with Crippen molar-refractivity contribution in [3.63, 3.8) is 0 Å². The summed E-state index contributed by atoms with van der Waals surface area (Å²) in [4.78, 5) is 11.8. The van der Waals surface area contributed by atoms with Gasteiger partial charge < -0.3 is 14.8 Å². The van der Waals surface area contributed by atoms with Gasteiger partial charge in [-0.05, 0) is 50.2 Å². The molecule has 0 spiro atoms. The van der Waals surface area contributed by atoms with Crippen molar-refractivity contribution < 1.29 is 0 Å². The van der Waals surface area contributed by atoms with Crippen molar-refractivity contribution in [2.45, 2.75) is 25.4 Å². The Balaban J connectivity index is 1.74. The average Bonchev–Trinajstić information content (AvgIpc) is 3.01. The van der Waals surface area contributed by atoms with Gasteiger partial charge in [-0.2, -0.15) is 0 Å². The zero-order valence-electron chi connectivity index (χ0n) is 14.0. The Kier molecular flexibility index (Phi) is 4.17. The molecule has 1 fully saturated rings. The van der Waals surface area contributed by atoms with E-state index in [1.807, 2.05) is 18.3 Å². The number of pyridine rings is 1. The molecule has 2 aromatic heterocycles. The lowest BCUT2D eigenvalue weighted by Crippen LogP contribution is -2.42. The van der Waals surface area contributed by atoms with Crippen LogP contribution < -0.4 is 10.2 Å². The first-order valence-electron chi connectivity index (χ1n) is 8.61. The molecule has 5 heteroatoms. The van der Waals surface area contributed by atoms with Crippen LogP contribution in [0.5, 0.6) is 0 Å². The van der Waals surface area contributed by atoms with Crippen LogP contribution in [0, 0.1) is 0 Å². The Morgan fingerprint density at radius 1 is 1.12 bits per heavy atom. The SMILES string of the molecule is CN(c1nc2ccccc2n1Cc1ccccn1)C1CCNCC1. The van der Waals surface area contributed by atoms with Crippen LogP contribution in [0.3, 0.4) is 0 Å². The third-order valence-electron chi connectivity index (χ3n) is 4.85. The Morgan fingerprint density at radius 3 is 2.71 bits per heavy atom. The van der Waals surface area contributed by atoms with Gasteiger partial charge in [-0.3, -0.25) is 4.98 Å². The van der Waals surface area contributed by atoms with E-state index in [4.69, 9.17) is 4.98 Å². The number of anilines is 1. The molecule has 0 aliphatic carbocycles. The highest BCUT2D eigenvalue weighted by molar-refractivity contribution is 5.79. The van der Waals surface area contributed by atoms with Gasteiger partial charge in [0.15, 0.2) is 0 Å². The van der Waals surface area contributed by atoms with Crippen LogP contribution in [0.25, 0.3) is 11.0 Å². The number of para-hydroxylation sites is 2. The van der Waals surface area contributed by atoms with E-state index in [2.05, 4.69) is 57.1 Å². The van der Waals surface area contributed by atoms with E-state index < -0.39 is 0 Å². The van der Waals surface area contributed by atoms with Crippen molar-refractivity contribution in [2.24, 2.45) is 0 Å². The maximum atomic E-state index is 4.92. The van der Waals surface area contributed by atoms with Gasteiger partial charge in [-0.1, -0.05) is 18.2 Å². The number of imidazole rings is 1. The van der Waals surface area contributed by atoms with Gasteiger partial charge in [0.25, 0.3) is 0 Å². The van der Waals surface area contributed by atoms with Crippen LogP contribution in [-0.2, 0) is 6.54 Å². The predicted octanol–water partition coefficient (Wildman–Crippen LogP) is 2.67. The van der Waals surface area contributed by atoms with Crippen molar-refractivity contribution in [3.8, 4) is 0 Å². The average molecular weight is 321 g/mol. The van der Waals surface area contributed by atoms with E-state index in [9.17, 15) is 0 Å². The fourth-order valence-corrected chi connectivity index (χ4v) is 3.50. The molecule has 5 nitrogen and oxygen atoms in total. The number of nitrogens with one attached hydrogen (secondary N) is 1. The zero-order chi connectivity index (χ0) is 16.4. The Labute approximate surface area is 142 Å². The van der Waals surface area contributed by atoms with E-state index in [0.717, 1.165) is 49.6 Å². The first-order valence-corrected chi connectivity index (χ1v) is 8.61. The van der Waals surface area contributed by atoms with Crippen molar-refractivity contribution in [1.29, 1.82) is 0 Å². The van der Waals surface area contributed by atoms with Crippen LogP contribution >= 0.6 is 0 Å². The van der Waals surface area contributed by atoms with E-state index in [-0.39, 0.29) is 0 Å². The fraction of sp³-hybridized carbons (Fsp3) is 0.368. The molecule has 1 aliphatic rings. The standard InChI is InChI=1S/C19H23N5/c1-23(16-9-12-20-13-10-16)19-22-17-7-2-3-8-18(17)24(19)14-15-6-4-5-11-21-15/h2-8,11,16,20H,9-10,12-14H2,1H3. The third kappa shape index (κ3) is 2.87. The summed E-state index contributed by atoms with van der Waals surface area (Å²) in [6.07, 6.45) is 4.16. The second-order valence-electron chi connectivity index (χ2n) is 6.40. The van der Waals surface area contributed by atoms with E-state index in [1.165, 1.54) is 5.52 Å². The lowest BCUT2D eigenvalue weighted by molar-refractivity contribution is 0.437. The number of piperidine rings is 1. The van der Waals surface area contributed by atoms with Gasteiger partial charge in [0.1, 0.15) is 0 Å². The number of benzene rings is 1. The molecule has 0 atom stereocenters. The number of aromatic nitrogens is 3. The maximum Gasteiger partial charge on any atom is 0.206 e. The lowest BCUT2D eigenvalue weighted by Gasteiger charge is -2.32.